The molecule has 21 heavy (non-hydrogen) atoms. The fourth-order valence-electron chi connectivity index (χ4n) is 2.13. The maximum atomic E-state index is 11.8. The minimum absolute atomic E-state index is 0.0177. The van der Waals surface area contributed by atoms with Crippen LogP contribution < -0.4 is 10.1 Å². The molecule has 1 amide bonds. The highest BCUT2D eigenvalue weighted by Crippen LogP contribution is 2.22. The van der Waals surface area contributed by atoms with Crippen molar-refractivity contribution >= 4 is 16.8 Å². The molecule has 0 radical (unpaired) electrons. The normalized spacial score (nSPS) is 10.8. The molecule has 0 spiro atoms. The molecule has 0 bridgehead atoms. The average Bonchev–Trinajstić information content (AvgIpc) is 2.88. The van der Waals surface area contributed by atoms with E-state index in [4.69, 9.17) is 9.47 Å². The number of amides is 1. The van der Waals surface area contributed by atoms with Gasteiger partial charge in [-0.15, -0.1) is 0 Å². The van der Waals surface area contributed by atoms with Gasteiger partial charge in [0.2, 0.25) is 5.91 Å². The van der Waals surface area contributed by atoms with Crippen LogP contribution in [0.2, 0.25) is 0 Å². The van der Waals surface area contributed by atoms with E-state index in [2.05, 4.69) is 12.2 Å². The van der Waals surface area contributed by atoms with Gasteiger partial charge in [-0.2, -0.15) is 0 Å². The van der Waals surface area contributed by atoms with E-state index >= 15 is 0 Å². The van der Waals surface area contributed by atoms with Gasteiger partial charge in [0.05, 0.1) is 13.2 Å². The van der Waals surface area contributed by atoms with E-state index in [1.165, 1.54) is 0 Å². The van der Waals surface area contributed by atoms with Crippen molar-refractivity contribution in [3.05, 3.63) is 30.5 Å². The van der Waals surface area contributed by atoms with Gasteiger partial charge in [0, 0.05) is 30.8 Å². The number of hydrogen-bond donors (Lipinski definition) is 1. The van der Waals surface area contributed by atoms with E-state index in [9.17, 15) is 4.79 Å². The van der Waals surface area contributed by atoms with Crippen LogP contribution in [-0.4, -0.2) is 37.3 Å². The lowest BCUT2D eigenvalue weighted by atomic mass is 10.2. The first kappa shape index (κ1) is 15.4. The lowest BCUT2D eigenvalue weighted by Crippen LogP contribution is -2.30. The van der Waals surface area contributed by atoms with Crippen molar-refractivity contribution in [3.63, 3.8) is 0 Å². The third-order valence-corrected chi connectivity index (χ3v) is 3.16. The summed E-state index contributed by atoms with van der Waals surface area (Å²) in [6.07, 6.45) is 2.91. The Morgan fingerprint density at radius 1 is 1.29 bits per heavy atom. The maximum absolute atomic E-state index is 11.8. The number of benzene rings is 1. The van der Waals surface area contributed by atoms with Gasteiger partial charge in [-0.1, -0.05) is 6.92 Å². The second-order valence-corrected chi connectivity index (χ2v) is 4.86. The van der Waals surface area contributed by atoms with Gasteiger partial charge in [-0.3, -0.25) is 4.79 Å². The molecule has 1 aromatic carbocycles. The number of aromatic nitrogens is 1. The van der Waals surface area contributed by atoms with Crippen LogP contribution in [0, 0.1) is 0 Å². The second-order valence-electron chi connectivity index (χ2n) is 4.86. The summed E-state index contributed by atoms with van der Waals surface area (Å²) < 4.78 is 12.5. The lowest BCUT2D eigenvalue weighted by molar-refractivity contribution is -0.121. The third kappa shape index (κ3) is 4.23. The quantitative estimate of drug-likeness (QED) is 0.758. The number of carbonyl (C=O) groups excluding carboxylic acids is 1. The molecule has 0 saturated heterocycles. The lowest BCUT2D eigenvalue weighted by Gasteiger charge is -2.08. The highest BCUT2D eigenvalue weighted by molar-refractivity contribution is 5.84. The molecule has 5 nitrogen and oxygen atoms in total. The minimum atomic E-state index is -0.0177. The van der Waals surface area contributed by atoms with Crippen LogP contribution in [0.4, 0.5) is 0 Å². The fraction of sp³-hybridized carbons (Fsp3) is 0.438. The number of nitrogens with zero attached hydrogens (tertiary/aromatic N) is 1. The number of carbonyl (C=O) groups is 1. The Morgan fingerprint density at radius 2 is 2.14 bits per heavy atom. The van der Waals surface area contributed by atoms with Gasteiger partial charge in [-0.05, 0) is 30.7 Å². The zero-order valence-electron chi connectivity index (χ0n) is 12.6. The van der Waals surface area contributed by atoms with Crippen molar-refractivity contribution in [1.29, 1.82) is 0 Å². The number of methoxy groups -OCH3 is 1. The van der Waals surface area contributed by atoms with E-state index in [-0.39, 0.29) is 5.91 Å². The average molecular weight is 290 g/mol. The summed E-state index contributed by atoms with van der Waals surface area (Å²) in [7, 11) is 1.61. The van der Waals surface area contributed by atoms with E-state index < -0.39 is 0 Å². The van der Waals surface area contributed by atoms with Crippen molar-refractivity contribution in [2.75, 3.05) is 26.9 Å². The molecule has 0 aliphatic rings. The molecule has 1 aromatic heterocycles. The summed E-state index contributed by atoms with van der Waals surface area (Å²) in [4.78, 5) is 11.8. The Morgan fingerprint density at radius 3 is 2.90 bits per heavy atom. The predicted octanol–water partition coefficient (Wildman–Crippen LogP) is 2.19. The number of hydrogen-bond acceptors (Lipinski definition) is 3. The second kappa shape index (κ2) is 7.69. The molecule has 114 valence electrons. The number of ether oxygens (including phenoxy) is 2. The van der Waals surface area contributed by atoms with Crippen LogP contribution in [0.25, 0.3) is 10.9 Å². The molecule has 0 unspecified atom stereocenters. The first-order valence-corrected chi connectivity index (χ1v) is 7.22. The predicted molar refractivity (Wildman–Crippen MR) is 82.6 cm³/mol. The molecule has 0 fully saturated rings. The highest BCUT2D eigenvalue weighted by Gasteiger charge is 2.06. The van der Waals surface area contributed by atoms with Gasteiger partial charge in [0.15, 0.2) is 0 Å². The molecular formula is C16H22N2O3. The van der Waals surface area contributed by atoms with E-state index in [0.717, 1.165) is 23.1 Å². The van der Waals surface area contributed by atoms with Crippen LogP contribution in [0.3, 0.4) is 0 Å². The van der Waals surface area contributed by atoms with Crippen molar-refractivity contribution in [2.45, 2.75) is 19.9 Å². The SMILES string of the molecule is CCCOc1ccc2c(ccn2CC(=O)NCCOC)c1. The zero-order valence-corrected chi connectivity index (χ0v) is 12.6. The van der Waals surface area contributed by atoms with Crippen LogP contribution in [0.15, 0.2) is 30.5 Å². The summed E-state index contributed by atoms with van der Waals surface area (Å²) in [6, 6.07) is 7.93. The standard InChI is InChI=1S/C16H22N2O3/c1-3-9-21-14-4-5-15-13(11-14)6-8-18(15)12-16(19)17-7-10-20-2/h4-6,8,11H,3,7,9-10,12H2,1-2H3,(H,17,19). The minimum Gasteiger partial charge on any atom is -0.494 e. The summed E-state index contributed by atoms with van der Waals surface area (Å²) in [6.45, 7) is 4.16. The molecule has 5 heteroatoms. The molecule has 0 saturated carbocycles. The van der Waals surface area contributed by atoms with Gasteiger partial charge < -0.3 is 19.4 Å². The molecule has 0 atom stereocenters. The van der Waals surface area contributed by atoms with Crippen LogP contribution in [0.5, 0.6) is 5.75 Å². The van der Waals surface area contributed by atoms with Crippen LogP contribution >= 0.6 is 0 Å². The molecule has 0 aliphatic heterocycles. The van der Waals surface area contributed by atoms with Gasteiger partial charge in [0.25, 0.3) is 0 Å². The third-order valence-electron chi connectivity index (χ3n) is 3.16. The Kier molecular flexibility index (Phi) is 5.63. The molecule has 1 heterocycles. The van der Waals surface area contributed by atoms with E-state index in [1.54, 1.807) is 7.11 Å². The van der Waals surface area contributed by atoms with Gasteiger partial charge in [-0.25, -0.2) is 0 Å². The van der Waals surface area contributed by atoms with Crippen molar-refractivity contribution in [3.8, 4) is 5.75 Å². The van der Waals surface area contributed by atoms with E-state index in [1.807, 2.05) is 35.0 Å². The monoisotopic (exact) mass is 290 g/mol. The molecular weight excluding hydrogens is 268 g/mol. The van der Waals surface area contributed by atoms with Crippen LogP contribution in [0.1, 0.15) is 13.3 Å². The number of fused-ring (bicyclic) bond motifs is 1. The maximum Gasteiger partial charge on any atom is 0.240 e. The Balaban J connectivity index is 2.02. The Labute approximate surface area is 124 Å². The van der Waals surface area contributed by atoms with Crippen molar-refractivity contribution in [1.82, 2.24) is 9.88 Å². The topological polar surface area (TPSA) is 52.5 Å². The number of nitrogens with one attached hydrogen (secondary N) is 1. The summed E-state index contributed by atoms with van der Waals surface area (Å²) in [5.74, 6) is 0.850. The zero-order chi connectivity index (χ0) is 15.1. The summed E-state index contributed by atoms with van der Waals surface area (Å²) in [5, 5.41) is 3.89. The summed E-state index contributed by atoms with van der Waals surface area (Å²) in [5.41, 5.74) is 1.03. The number of rotatable bonds is 8. The van der Waals surface area contributed by atoms with Gasteiger partial charge in [0.1, 0.15) is 12.3 Å². The Hall–Kier alpha value is -2.01. The Bertz CT molecular complexity index is 592. The van der Waals surface area contributed by atoms with Crippen molar-refractivity contribution < 1.29 is 14.3 Å². The first-order valence-electron chi connectivity index (χ1n) is 7.22. The smallest absolute Gasteiger partial charge is 0.240 e. The van der Waals surface area contributed by atoms with E-state index in [0.29, 0.717) is 26.3 Å². The highest BCUT2D eigenvalue weighted by atomic mass is 16.5. The fourth-order valence-corrected chi connectivity index (χ4v) is 2.13. The van der Waals surface area contributed by atoms with Crippen molar-refractivity contribution in [2.24, 2.45) is 0 Å². The van der Waals surface area contributed by atoms with Crippen LogP contribution in [-0.2, 0) is 16.1 Å². The first-order chi connectivity index (χ1) is 10.2. The largest absolute Gasteiger partial charge is 0.494 e. The van der Waals surface area contributed by atoms with Gasteiger partial charge >= 0.3 is 0 Å². The molecule has 2 aromatic rings. The summed E-state index contributed by atoms with van der Waals surface area (Å²) >= 11 is 0. The molecule has 1 N–H and O–H groups in total. The molecule has 0 aliphatic carbocycles. The molecule has 2 rings (SSSR count).